The molecule has 0 spiro atoms. The summed E-state index contributed by atoms with van der Waals surface area (Å²) in [6, 6.07) is 19.6. The maximum Gasteiger partial charge on any atom is 0.0840 e. The van der Waals surface area contributed by atoms with Crippen LogP contribution in [0.2, 0.25) is 0 Å². The Bertz CT molecular complexity index is 495. The summed E-state index contributed by atoms with van der Waals surface area (Å²) in [6.45, 7) is 1.90. The normalized spacial score (nSPS) is 15.6. The van der Waals surface area contributed by atoms with Crippen molar-refractivity contribution in [3.63, 3.8) is 0 Å². The topological polar surface area (TPSA) is 40.5 Å². The molecule has 2 N–H and O–H groups in total. The summed E-state index contributed by atoms with van der Waals surface area (Å²) in [7, 11) is 0. The van der Waals surface area contributed by atoms with E-state index >= 15 is 0 Å². The fourth-order valence-electron chi connectivity index (χ4n) is 2.39. The van der Waals surface area contributed by atoms with Crippen molar-refractivity contribution in [3.8, 4) is 0 Å². The number of hydrogen-bond donors (Lipinski definition) is 2. The SMILES string of the molecule is C[C@@H]([C@H](O)c1ccccc1)[C@@H](O)CCc1ccccc1. The zero-order valence-corrected chi connectivity index (χ0v) is 11.8. The lowest BCUT2D eigenvalue weighted by atomic mass is 9.89. The third kappa shape index (κ3) is 3.92. The zero-order chi connectivity index (χ0) is 14.4. The van der Waals surface area contributed by atoms with Gasteiger partial charge < -0.3 is 10.2 Å². The molecule has 0 aliphatic rings. The quantitative estimate of drug-likeness (QED) is 0.845. The Morgan fingerprint density at radius 2 is 1.40 bits per heavy atom. The van der Waals surface area contributed by atoms with Gasteiger partial charge in [-0.05, 0) is 24.0 Å². The molecule has 2 aromatic rings. The van der Waals surface area contributed by atoms with Crippen molar-refractivity contribution in [2.45, 2.75) is 32.0 Å². The van der Waals surface area contributed by atoms with Crippen molar-refractivity contribution >= 4 is 0 Å². The fourth-order valence-corrected chi connectivity index (χ4v) is 2.39. The summed E-state index contributed by atoms with van der Waals surface area (Å²) < 4.78 is 0. The molecule has 0 fully saturated rings. The van der Waals surface area contributed by atoms with E-state index in [2.05, 4.69) is 12.1 Å². The molecule has 2 rings (SSSR count). The minimum absolute atomic E-state index is 0.180. The Hall–Kier alpha value is -1.64. The number of aryl methyl sites for hydroxylation is 1. The van der Waals surface area contributed by atoms with Crippen LogP contribution in [0.3, 0.4) is 0 Å². The molecule has 0 saturated carbocycles. The molecule has 2 nitrogen and oxygen atoms in total. The molecule has 106 valence electrons. The first-order chi connectivity index (χ1) is 9.68. The second-order valence-electron chi connectivity index (χ2n) is 5.31. The first kappa shape index (κ1) is 14.8. The molecule has 2 heteroatoms. The molecule has 0 unspecified atom stereocenters. The van der Waals surface area contributed by atoms with Crippen LogP contribution in [0.1, 0.15) is 30.6 Å². The average molecular weight is 270 g/mol. The van der Waals surface area contributed by atoms with Crippen LogP contribution >= 0.6 is 0 Å². The number of rotatable bonds is 6. The van der Waals surface area contributed by atoms with Crippen LogP contribution in [0.25, 0.3) is 0 Å². The van der Waals surface area contributed by atoms with E-state index in [1.807, 2.05) is 55.5 Å². The standard InChI is InChI=1S/C18H22O2/c1-14(18(20)16-10-6-3-7-11-16)17(19)13-12-15-8-4-2-5-9-15/h2-11,14,17-20H,12-13H2,1H3/t14-,17+,18+/m1/s1. The lowest BCUT2D eigenvalue weighted by Crippen LogP contribution is -2.24. The Balaban J connectivity index is 1.90. The Morgan fingerprint density at radius 3 is 2.00 bits per heavy atom. The summed E-state index contributed by atoms with van der Waals surface area (Å²) >= 11 is 0. The second kappa shape index (κ2) is 7.22. The monoisotopic (exact) mass is 270 g/mol. The minimum atomic E-state index is -0.623. The highest BCUT2D eigenvalue weighted by Crippen LogP contribution is 2.26. The van der Waals surface area contributed by atoms with Gasteiger partial charge in [-0.1, -0.05) is 67.6 Å². The van der Waals surface area contributed by atoms with Crippen LogP contribution in [0.5, 0.6) is 0 Å². The molecule has 0 heterocycles. The van der Waals surface area contributed by atoms with E-state index in [4.69, 9.17) is 0 Å². The average Bonchev–Trinajstić information content (AvgIpc) is 2.53. The largest absolute Gasteiger partial charge is 0.393 e. The molecular formula is C18H22O2. The molecule has 0 amide bonds. The van der Waals surface area contributed by atoms with E-state index in [-0.39, 0.29) is 5.92 Å². The minimum Gasteiger partial charge on any atom is -0.393 e. The maximum atomic E-state index is 10.3. The predicted octanol–water partition coefficient (Wildman–Crippen LogP) is 3.35. The molecule has 3 atom stereocenters. The van der Waals surface area contributed by atoms with Gasteiger partial charge in [0.05, 0.1) is 12.2 Å². The predicted molar refractivity (Wildman–Crippen MR) is 81.3 cm³/mol. The van der Waals surface area contributed by atoms with Crippen molar-refractivity contribution in [1.82, 2.24) is 0 Å². The first-order valence-electron chi connectivity index (χ1n) is 7.13. The number of hydrogen-bond acceptors (Lipinski definition) is 2. The Kier molecular flexibility index (Phi) is 5.33. The third-order valence-corrected chi connectivity index (χ3v) is 3.82. The van der Waals surface area contributed by atoms with Gasteiger partial charge in [-0.2, -0.15) is 0 Å². The fraction of sp³-hybridized carbons (Fsp3) is 0.333. The highest BCUT2D eigenvalue weighted by Gasteiger charge is 2.23. The van der Waals surface area contributed by atoms with Crippen molar-refractivity contribution < 1.29 is 10.2 Å². The molecule has 0 aliphatic heterocycles. The van der Waals surface area contributed by atoms with Gasteiger partial charge >= 0.3 is 0 Å². The van der Waals surface area contributed by atoms with Crippen molar-refractivity contribution in [1.29, 1.82) is 0 Å². The second-order valence-corrected chi connectivity index (χ2v) is 5.31. The van der Waals surface area contributed by atoms with E-state index in [0.29, 0.717) is 6.42 Å². The molecule has 0 aliphatic carbocycles. The number of benzene rings is 2. The summed E-state index contributed by atoms with van der Waals surface area (Å²) in [5, 5.41) is 20.5. The van der Waals surface area contributed by atoms with Gasteiger partial charge in [-0.25, -0.2) is 0 Å². The zero-order valence-electron chi connectivity index (χ0n) is 11.8. The lowest BCUT2D eigenvalue weighted by molar-refractivity contribution is 0.0169. The van der Waals surface area contributed by atoms with Crippen LogP contribution in [-0.2, 0) is 6.42 Å². The molecule has 0 bridgehead atoms. The van der Waals surface area contributed by atoms with E-state index in [0.717, 1.165) is 12.0 Å². The van der Waals surface area contributed by atoms with E-state index in [9.17, 15) is 10.2 Å². The molecule has 0 aromatic heterocycles. The highest BCUT2D eigenvalue weighted by atomic mass is 16.3. The molecule has 20 heavy (non-hydrogen) atoms. The Labute approximate surface area is 120 Å². The summed E-state index contributed by atoms with van der Waals surface area (Å²) in [4.78, 5) is 0. The molecule has 0 radical (unpaired) electrons. The lowest BCUT2D eigenvalue weighted by Gasteiger charge is -2.24. The first-order valence-corrected chi connectivity index (χ1v) is 7.13. The van der Waals surface area contributed by atoms with Gasteiger partial charge in [-0.3, -0.25) is 0 Å². The smallest absolute Gasteiger partial charge is 0.0840 e. The summed E-state index contributed by atoms with van der Waals surface area (Å²) in [5.74, 6) is -0.180. The van der Waals surface area contributed by atoms with Crippen molar-refractivity contribution in [2.24, 2.45) is 5.92 Å². The van der Waals surface area contributed by atoms with Crippen molar-refractivity contribution in [2.75, 3.05) is 0 Å². The van der Waals surface area contributed by atoms with Crippen LogP contribution in [-0.4, -0.2) is 16.3 Å². The summed E-state index contributed by atoms with van der Waals surface area (Å²) in [6.07, 6.45) is 0.357. The molecule has 2 aromatic carbocycles. The van der Waals surface area contributed by atoms with Gasteiger partial charge in [0.1, 0.15) is 0 Å². The van der Waals surface area contributed by atoms with Gasteiger partial charge in [0.15, 0.2) is 0 Å². The van der Waals surface area contributed by atoms with Crippen LogP contribution in [0.15, 0.2) is 60.7 Å². The van der Waals surface area contributed by atoms with Gasteiger partial charge in [0.25, 0.3) is 0 Å². The van der Waals surface area contributed by atoms with Crippen LogP contribution < -0.4 is 0 Å². The van der Waals surface area contributed by atoms with Gasteiger partial charge in [0.2, 0.25) is 0 Å². The summed E-state index contributed by atoms with van der Waals surface area (Å²) in [5.41, 5.74) is 2.08. The Morgan fingerprint density at radius 1 is 0.850 bits per heavy atom. The van der Waals surface area contributed by atoms with Crippen LogP contribution in [0.4, 0.5) is 0 Å². The maximum absolute atomic E-state index is 10.3. The van der Waals surface area contributed by atoms with E-state index in [1.165, 1.54) is 5.56 Å². The van der Waals surface area contributed by atoms with Gasteiger partial charge in [0, 0.05) is 5.92 Å². The third-order valence-electron chi connectivity index (χ3n) is 3.82. The van der Waals surface area contributed by atoms with Crippen molar-refractivity contribution in [3.05, 3.63) is 71.8 Å². The van der Waals surface area contributed by atoms with E-state index in [1.54, 1.807) is 0 Å². The number of aliphatic hydroxyl groups is 2. The highest BCUT2D eigenvalue weighted by molar-refractivity contribution is 5.18. The van der Waals surface area contributed by atoms with E-state index < -0.39 is 12.2 Å². The molecular weight excluding hydrogens is 248 g/mol. The van der Waals surface area contributed by atoms with Gasteiger partial charge in [-0.15, -0.1) is 0 Å². The van der Waals surface area contributed by atoms with Crippen LogP contribution in [0, 0.1) is 5.92 Å². The molecule has 0 saturated heterocycles. The number of aliphatic hydroxyl groups excluding tert-OH is 2.